The highest BCUT2D eigenvalue weighted by atomic mass is 32.2. The van der Waals surface area contributed by atoms with Gasteiger partial charge in [-0.25, -0.2) is 4.98 Å². The molecule has 4 nitrogen and oxygen atoms in total. The van der Waals surface area contributed by atoms with Crippen molar-refractivity contribution >= 4 is 34.7 Å². The predicted molar refractivity (Wildman–Crippen MR) is 103 cm³/mol. The summed E-state index contributed by atoms with van der Waals surface area (Å²) in [5.41, 5.74) is 3.18. The van der Waals surface area contributed by atoms with E-state index in [1.54, 1.807) is 29.4 Å². The first-order chi connectivity index (χ1) is 12.2. The Bertz CT molecular complexity index is 873. The topological polar surface area (TPSA) is 46.3 Å². The molecule has 3 aromatic rings. The van der Waals surface area contributed by atoms with E-state index in [4.69, 9.17) is 4.42 Å². The third kappa shape index (κ3) is 3.37. The van der Waals surface area contributed by atoms with E-state index in [1.165, 1.54) is 5.56 Å². The maximum absolute atomic E-state index is 12.7. The van der Waals surface area contributed by atoms with Gasteiger partial charge in [-0.1, -0.05) is 24.3 Å². The van der Waals surface area contributed by atoms with Gasteiger partial charge in [-0.3, -0.25) is 4.79 Å². The number of thioether (sulfide) groups is 1. The molecular weight excluding hydrogens is 352 g/mol. The predicted octanol–water partition coefficient (Wildman–Crippen LogP) is 4.61. The summed E-state index contributed by atoms with van der Waals surface area (Å²) < 4.78 is 5.52. The number of hydrogen-bond donors (Lipinski definition) is 0. The molecule has 1 aliphatic rings. The van der Waals surface area contributed by atoms with Crippen molar-refractivity contribution in [2.75, 3.05) is 10.7 Å². The summed E-state index contributed by atoms with van der Waals surface area (Å²) in [6.45, 7) is 2.10. The van der Waals surface area contributed by atoms with E-state index in [2.05, 4.69) is 18.0 Å². The summed E-state index contributed by atoms with van der Waals surface area (Å²) in [7, 11) is 0. The average Bonchev–Trinajstić information content (AvgIpc) is 3.33. The summed E-state index contributed by atoms with van der Waals surface area (Å²) in [6.07, 6.45) is 2.61. The molecule has 0 bridgehead atoms. The molecule has 1 aliphatic heterocycles. The number of anilines is 1. The van der Waals surface area contributed by atoms with Gasteiger partial charge in [-0.15, -0.1) is 23.1 Å². The van der Waals surface area contributed by atoms with Crippen LogP contribution in [0.4, 0.5) is 5.69 Å². The first-order valence-electron chi connectivity index (χ1n) is 8.18. The summed E-state index contributed by atoms with van der Waals surface area (Å²) in [5.74, 6) is 1.92. The SMILES string of the molecule is C[C@@H]1Cc2ccccc2N1C(=O)CSCc1coc(-c2cccs2)n1. The number of carbonyl (C=O) groups excluding carboxylic acids is 1. The number of aromatic nitrogens is 1. The molecular formula is C19H18N2O2S2. The first kappa shape index (κ1) is 16.4. The van der Waals surface area contributed by atoms with Crippen LogP contribution in [0.2, 0.25) is 0 Å². The Hall–Kier alpha value is -2.05. The van der Waals surface area contributed by atoms with E-state index in [9.17, 15) is 4.79 Å². The second-order valence-electron chi connectivity index (χ2n) is 6.06. The second kappa shape index (κ2) is 7.06. The standard InChI is InChI=1S/C19H18N2O2S2/c1-13-9-14-5-2-3-6-16(14)21(13)18(22)12-24-11-15-10-23-19(20-15)17-7-4-8-25-17/h2-8,10,13H,9,11-12H2,1H3/t13-/m1/s1. The van der Waals surface area contributed by atoms with Crippen molar-refractivity contribution in [3.05, 3.63) is 59.3 Å². The van der Waals surface area contributed by atoms with Crippen LogP contribution in [0, 0.1) is 0 Å². The molecule has 6 heteroatoms. The third-order valence-electron chi connectivity index (χ3n) is 4.24. The van der Waals surface area contributed by atoms with Gasteiger partial charge >= 0.3 is 0 Å². The zero-order valence-corrected chi connectivity index (χ0v) is 15.5. The quantitative estimate of drug-likeness (QED) is 0.658. The Morgan fingerprint density at radius 3 is 3.08 bits per heavy atom. The van der Waals surface area contributed by atoms with E-state index in [1.807, 2.05) is 40.6 Å². The third-order valence-corrected chi connectivity index (χ3v) is 6.04. The van der Waals surface area contributed by atoms with Crippen LogP contribution in [0.3, 0.4) is 0 Å². The lowest BCUT2D eigenvalue weighted by atomic mass is 10.1. The molecule has 0 saturated heterocycles. The van der Waals surface area contributed by atoms with Gasteiger partial charge in [0.15, 0.2) is 0 Å². The molecule has 1 amide bonds. The smallest absolute Gasteiger partial charge is 0.237 e. The van der Waals surface area contributed by atoms with Crippen molar-refractivity contribution in [3.63, 3.8) is 0 Å². The van der Waals surface area contributed by atoms with Crippen LogP contribution in [-0.2, 0) is 17.0 Å². The number of thiophene rings is 1. The van der Waals surface area contributed by atoms with E-state index in [0.29, 0.717) is 17.4 Å². The zero-order valence-electron chi connectivity index (χ0n) is 13.8. The Morgan fingerprint density at radius 2 is 2.24 bits per heavy atom. The second-order valence-corrected chi connectivity index (χ2v) is 7.99. The number of hydrogen-bond acceptors (Lipinski definition) is 5. The molecule has 25 heavy (non-hydrogen) atoms. The Kier molecular flexibility index (Phi) is 4.63. The number of rotatable bonds is 5. The van der Waals surface area contributed by atoms with Crippen LogP contribution in [0.15, 0.2) is 52.5 Å². The lowest BCUT2D eigenvalue weighted by molar-refractivity contribution is -0.116. The maximum Gasteiger partial charge on any atom is 0.237 e. The lowest BCUT2D eigenvalue weighted by Crippen LogP contribution is -2.37. The minimum Gasteiger partial charge on any atom is -0.444 e. The number of nitrogens with zero attached hydrogens (tertiary/aromatic N) is 2. The minimum atomic E-state index is 0.157. The van der Waals surface area contributed by atoms with Crippen LogP contribution in [0.1, 0.15) is 18.2 Å². The first-order valence-corrected chi connectivity index (χ1v) is 10.2. The molecule has 0 radical (unpaired) electrons. The summed E-state index contributed by atoms with van der Waals surface area (Å²) in [4.78, 5) is 20.1. The van der Waals surface area contributed by atoms with Crippen LogP contribution in [-0.4, -0.2) is 22.7 Å². The van der Waals surface area contributed by atoms with Gasteiger partial charge in [0, 0.05) is 17.5 Å². The molecule has 0 unspecified atom stereocenters. The van der Waals surface area contributed by atoms with Gasteiger partial charge in [0.05, 0.1) is 16.3 Å². The highest BCUT2D eigenvalue weighted by Gasteiger charge is 2.30. The summed E-state index contributed by atoms with van der Waals surface area (Å²) >= 11 is 3.18. The normalized spacial score (nSPS) is 16.2. The van der Waals surface area contributed by atoms with Gasteiger partial charge in [0.2, 0.25) is 11.8 Å². The number of amides is 1. The maximum atomic E-state index is 12.7. The van der Waals surface area contributed by atoms with Crippen LogP contribution in [0.25, 0.3) is 10.8 Å². The van der Waals surface area contributed by atoms with Crippen molar-refractivity contribution < 1.29 is 9.21 Å². The molecule has 128 valence electrons. The number of para-hydroxylation sites is 1. The molecule has 0 aliphatic carbocycles. The van der Waals surface area contributed by atoms with Gasteiger partial charge in [-0.05, 0) is 36.4 Å². The molecule has 0 spiro atoms. The van der Waals surface area contributed by atoms with Crippen LogP contribution in [0.5, 0.6) is 0 Å². The fourth-order valence-electron chi connectivity index (χ4n) is 3.14. The van der Waals surface area contributed by atoms with E-state index >= 15 is 0 Å². The zero-order chi connectivity index (χ0) is 17.2. The van der Waals surface area contributed by atoms with Crippen molar-refractivity contribution in [2.24, 2.45) is 0 Å². The molecule has 0 N–H and O–H groups in total. The molecule has 0 fully saturated rings. The van der Waals surface area contributed by atoms with E-state index < -0.39 is 0 Å². The molecule has 1 aromatic carbocycles. The fraction of sp³-hybridized carbons (Fsp3) is 0.263. The van der Waals surface area contributed by atoms with Gasteiger partial charge in [0.25, 0.3) is 0 Å². The van der Waals surface area contributed by atoms with Crippen molar-refractivity contribution in [3.8, 4) is 10.8 Å². The lowest BCUT2D eigenvalue weighted by Gasteiger charge is -2.22. The minimum absolute atomic E-state index is 0.157. The molecule has 4 rings (SSSR count). The molecule has 0 saturated carbocycles. The summed E-state index contributed by atoms with van der Waals surface area (Å²) in [6, 6.07) is 12.4. The van der Waals surface area contributed by atoms with Crippen LogP contribution < -0.4 is 4.90 Å². The number of oxazole rings is 1. The Labute approximate surface area is 154 Å². The van der Waals surface area contributed by atoms with E-state index in [-0.39, 0.29) is 11.9 Å². The Morgan fingerprint density at radius 1 is 1.36 bits per heavy atom. The molecule has 2 aromatic heterocycles. The van der Waals surface area contributed by atoms with Crippen LogP contribution >= 0.6 is 23.1 Å². The highest BCUT2D eigenvalue weighted by molar-refractivity contribution is 7.99. The van der Waals surface area contributed by atoms with Gasteiger partial charge in [0.1, 0.15) is 6.26 Å². The van der Waals surface area contributed by atoms with Gasteiger partial charge < -0.3 is 9.32 Å². The van der Waals surface area contributed by atoms with Crippen molar-refractivity contribution in [2.45, 2.75) is 25.1 Å². The molecule has 3 heterocycles. The van der Waals surface area contributed by atoms with E-state index in [0.717, 1.165) is 22.7 Å². The van der Waals surface area contributed by atoms with Crippen molar-refractivity contribution in [1.82, 2.24) is 4.98 Å². The average molecular weight is 370 g/mol. The molecule has 1 atom stereocenters. The monoisotopic (exact) mass is 370 g/mol. The Balaban J connectivity index is 1.35. The summed E-state index contributed by atoms with van der Waals surface area (Å²) in [5, 5.41) is 2.00. The highest BCUT2D eigenvalue weighted by Crippen LogP contribution is 2.32. The number of carbonyl (C=O) groups is 1. The van der Waals surface area contributed by atoms with Gasteiger partial charge in [-0.2, -0.15) is 0 Å². The fourth-order valence-corrected chi connectivity index (χ4v) is 4.56. The number of fused-ring (bicyclic) bond motifs is 1. The number of benzene rings is 1. The largest absolute Gasteiger partial charge is 0.444 e. The van der Waals surface area contributed by atoms with Crippen molar-refractivity contribution in [1.29, 1.82) is 0 Å².